The molecule has 0 radical (unpaired) electrons. The monoisotopic (exact) mass is 457 g/mol. The summed E-state index contributed by atoms with van der Waals surface area (Å²) in [5, 5.41) is -0.224. The maximum atomic E-state index is 13.9. The van der Waals surface area contributed by atoms with Crippen LogP contribution in [0.5, 0.6) is 0 Å². The fraction of sp³-hybridized carbons (Fsp3) is 0.0556. The number of Topliss-reactive ketones (excluding diaryl/α,β-unsaturated/α-hetero) is 1. The average Bonchev–Trinajstić information content (AvgIpc) is 2.65. The summed E-state index contributed by atoms with van der Waals surface area (Å²) in [7, 11) is -4.49. The topological polar surface area (TPSA) is 89.0 Å². The minimum absolute atomic E-state index is 0.0151. The standard InChI is InChI=1S/C18H11Cl2F2N3O3S/c19-17-12(15(26)9-11-6-7-23-18(20)24-11)2-1-3-14(17)25-29(27,28)16-8-10(21)4-5-13(16)22/h1-8,25H,9H2. The summed E-state index contributed by atoms with van der Waals surface area (Å²) in [5.41, 5.74) is 0.196. The van der Waals surface area contributed by atoms with Crippen LogP contribution < -0.4 is 4.72 Å². The van der Waals surface area contributed by atoms with Crippen molar-refractivity contribution in [1.82, 2.24) is 9.97 Å². The van der Waals surface area contributed by atoms with Gasteiger partial charge < -0.3 is 0 Å². The summed E-state index contributed by atoms with van der Waals surface area (Å²) >= 11 is 11.9. The van der Waals surface area contributed by atoms with Crippen molar-refractivity contribution in [3.63, 3.8) is 0 Å². The fourth-order valence-corrected chi connectivity index (χ4v) is 4.10. The van der Waals surface area contributed by atoms with Crippen LogP contribution in [0.25, 0.3) is 0 Å². The Morgan fingerprint density at radius 2 is 1.86 bits per heavy atom. The van der Waals surface area contributed by atoms with E-state index in [9.17, 15) is 22.0 Å². The molecule has 0 atom stereocenters. The van der Waals surface area contributed by atoms with Gasteiger partial charge in [-0.25, -0.2) is 27.2 Å². The number of aromatic nitrogens is 2. The summed E-state index contributed by atoms with van der Waals surface area (Å²) in [5.74, 6) is -2.52. The third kappa shape index (κ3) is 4.87. The van der Waals surface area contributed by atoms with Crippen LogP contribution >= 0.6 is 23.2 Å². The molecule has 0 fully saturated rings. The van der Waals surface area contributed by atoms with Crippen molar-refractivity contribution in [3.05, 3.63) is 81.9 Å². The fourth-order valence-electron chi connectivity index (χ4n) is 2.44. The van der Waals surface area contributed by atoms with Crippen molar-refractivity contribution in [2.45, 2.75) is 11.3 Å². The van der Waals surface area contributed by atoms with Gasteiger partial charge in [-0.3, -0.25) is 9.52 Å². The minimum Gasteiger partial charge on any atom is -0.294 e. The molecule has 0 aliphatic carbocycles. The van der Waals surface area contributed by atoms with Gasteiger partial charge in [0.1, 0.15) is 16.5 Å². The zero-order valence-electron chi connectivity index (χ0n) is 14.4. The van der Waals surface area contributed by atoms with Crippen LogP contribution in [0.2, 0.25) is 10.3 Å². The molecule has 0 saturated carbocycles. The van der Waals surface area contributed by atoms with Gasteiger partial charge in [0.2, 0.25) is 5.28 Å². The lowest BCUT2D eigenvalue weighted by Crippen LogP contribution is -2.16. The Morgan fingerprint density at radius 1 is 1.10 bits per heavy atom. The molecule has 3 rings (SSSR count). The number of hydrogen-bond donors (Lipinski definition) is 1. The highest BCUT2D eigenvalue weighted by Crippen LogP contribution is 2.29. The Hall–Kier alpha value is -2.62. The number of hydrogen-bond acceptors (Lipinski definition) is 5. The normalized spacial score (nSPS) is 11.3. The number of carbonyl (C=O) groups is 1. The zero-order valence-corrected chi connectivity index (χ0v) is 16.7. The molecule has 1 aromatic heterocycles. The van der Waals surface area contributed by atoms with E-state index in [1.165, 1.54) is 30.5 Å². The third-order valence-corrected chi connectivity index (χ3v) is 5.72. The quantitative estimate of drug-likeness (QED) is 0.440. The van der Waals surface area contributed by atoms with E-state index in [0.717, 1.165) is 6.07 Å². The van der Waals surface area contributed by atoms with E-state index in [0.29, 0.717) is 17.8 Å². The molecular formula is C18H11Cl2F2N3O3S. The number of anilines is 1. The van der Waals surface area contributed by atoms with Crippen molar-refractivity contribution >= 4 is 44.7 Å². The number of halogens is 4. The van der Waals surface area contributed by atoms with Gasteiger partial charge >= 0.3 is 0 Å². The Kier molecular flexibility index (Phi) is 6.11. The average molecular weight is 458 g/mol. The molecule has 6 nitrogen and oxygen atoms in total. The van der Waals surface area contributed by atoms with Crippen molar-refractivity contribution in [3.8, 4) is 0 Å². The van der Waals surface area contributed by atoms with Gasteiger partial charge in [-0.1, -0.05) is 17.7 Å². The molecule has 29 heavy (non-hydrogen) atoms. The number of nitrogens with zero attached hydrogens (tertiary/aromatic N) is 2. The first-order chi connectivity index (χ1) is 13.7. The van der Waals surface area contributed by atoms with Gasteiger partial charge in [0.15, 0.2) is 5.78 Å². The molecular weight excluding hydrogens is 447 g/mol. The van der Waals surface area contributed by atoms with Gasteiger partial charge in [0.25, 0.3) is 10.0 Å². The van der Waals surface area contributed by atoms with Crippen molar-refractivity contribution < 1.29 is 22.0 Å². The first-order valence-electron chi connectivity index (χ1n) is 7.94. The zero-order chi connectivity index (χ0) is 21.2. The summed E-state index contributed by atoms with van der Waals surface area (Å²) in [6.45, 7) is 0. The third-order valence-electron chi connectivity index (χ3n) is 3.75. The predicted molar refractivity (Wildman–Crippen MR) is 104 cm³/mol. The van der Waals surface area contributed by atoms with Crippen LogP contribution in [-0.4, -0.2) is 24.2 Å². The second-order valence-electron chi connectivity index (χ2n) is 5.76. The Balaban J connectivity index is 1.90. The predicted octanol–water partition coefficient (Wildman–Crippen LogP) is 4.29. The van der Waals surface area contributed by atoms with E-state index in [1.54, 1.807) is 0 Å². The van der Waals surface area contributed by atoms with E-state index in [4.69, 9.17) is 23.2 Å². The van der Waals surface area contributed by atoms with Crippen molar-refractivity contribution in [2.75, 3.05) is 4.72 Å². The highest BCUT2D eigenvalue weighted by Gasteiger charge is 2.23. The number of ketones is 1. The van der Waals surface area contributed by atoms with Gasteiger partial charge in [-0.15, -0.1) is 0 Å². The Labute approximate surface area is 174 Å². The highest BCUT2D eigenvalue weighted by molar-refractivity contribution is 7.92. The van der Waals surface area contributed by atoms with E-state index < -0.39 is 32.3 Å². The number of carbonyl (C=O) groups excluding carboxylic acids is 1. The van der Waals surface area contributed by atoms with E-state index in [2.05, 4.69) is 14.7 Å². The van der Waals surface area contributed by atoms with Crippen LogP contribution in [0.3, 0.4) is 0 Å². The van der Waals surface area contributed by atoms with Crippen molar-refractivity contribution in [1.29, 1.82) is 0 Å². The summed E-state index contributed by atoms with van der Waals surface area (Å²) in [6, 6.07) is 7.60. The van der Waals surface area contributed by atoms with Crippen LogP contribution in [0.1, 0.15) is 16.1 Å². The van der Waals surface area contributed by atoms with Crippen LogP contribution in [0.4, 0.5) is 14.5 Å². The summed E-state index contributed by atoms with van der Waals surface area (Å²) < 4.78 is 54.2. The lowest BCUT2D eigenvalue weighted by molar-refractivity contribution is 0.0992. The Bertz CT molecular complexity index is 1210. The first kappa shape index (κ1) is 21.1. The molecule has 1 heterocycles. The largest absolute Gasteiger partial charge is 0.294 e. The smallest absolute Gasteiger partial charge is 0.264 e. The molecule has 0 saturated heterocycles. The number of rotatable bonds is 6. The minimum atomic E-state index is -4.49. The van der Waals surface area contributed by atoms with Gasteiger partial charge in [-0.2, -0.15) is 0 Å². The molecule has 150 valence electrons. The molecule has 0 unspecified atom stereocenters. The van der Waals surface area contributed by atoms with E-state index in [1.807, 2.05) is 0 Å². The maximum absolute atomic E-state index is 13.9. The van der Waals surface area contributed by atoms with Crippen LogP contribution in [-0.2, 0) is 16.4 Å². The molecule has 0 bridgehead atoms. The van der Waals surface area contributed by atoms with Gasteiger partial charge in [0, 0.05) is 11.8 Å². The molecule has 0 aliphatic heterocycles. The highest BCUT2D eigenvalue weighted by atomic mass is 35.5. The first-order valence-corrected chi connectivity index (χ1v) is 10.2. The molecule has 0 amide bonds. The van der Waals surface area contributed by atoms with E-state index in [-0.39, 0.29) is 28.0 Å². The molecule has 0 spiro atoms. The number of nitrogens with one attached hydrogen (secondary N) is 1. The van der Waals surface area contributed by atoms with Gasteiger partial charge in [0.05, 0.1) is 22.8 Å². The summed E-state index contributed by atoms with van der Waals surface area (Å²) in [4.78, 5) is 19.3. The molecule has 11 heteroatoms. The lowest BCUT2D eigenvalue weighted by atomic mass is 10.1. The SMILES string of the molecule is O=C(Cc1ccnc(Cl)n1)c1cccc(NS(=O)(=O)c2cc(F)ccc2F)c1Cl. The van der Waals surface area contributed by atoms with Crippen LogP contribution in [0, 0.1) is 11.6 Å². The second-order valence-corrected chi connectivity index (χ2v) is 8.13. The molecule has 0 aliphatic rings. The van der Waals surface area contributed by atoms with Crippen LogP contribution in [0.15, 0.2) is 53.6 Å². The number of benzene rings is 2. The lowest BCUT2D eigenvalue weighted by Gasteiger charge is -2.12. The van der Waals surface area contributed by atoms with Crippen molar-refractivity contribution in [2.24, 2.45) is 0 Å². The molecule has 1 N–H and O–H groups in total. The van der Waals surface area contributed by atoms with Gasteiger partial charge in [-0.05, 0) is 48.0 Å². The molecule has 3 aromatic rings. The summed E-state index contributed by atoms with van der Waals surface area (Å²) in [6.07, 6.45) is 1.23. The maximum Gasteiger partial charge on any atom is 0.264 e. The second kappa shape index (κ2) is 8.40. The number of sulfonamides is 1. The molecule has 2 aromatic carbocycles. The van der Waals surface area contributed by atoms with E-state index >= 15 is 0 Å². The Morgan fingerprint density at radius 3 is 2.59 bits per heavy atom.